The standard InChI is InChI=1S/C3H7BO2/c1-6-3(4)2-5/h2-3H,4H2,1H3. The maximum atomic E-state index is 9.61. The van der Waals surface area contributed by atoms with Gasteiger partial charge in [0.25, 0.3) is 0 Å². The molecule has 1 unspecified atom stereocenters. The molecule has 0 spiro atoms. The molecule has 2 nitrogen and oxygen atoms in total. The van der Waals surface area contributed by atoms with Crippen LogP contribution in [-0.4, -0.2) is 27.2 Å². The Hall–Kier alpha value is -0.305. The lowest BCUT2D eigenvalue weighted by Gasteiger charge is -1.93. The van der Waals surface area contributed by atoms with Crippen LogP contribution in [-0.2, 0) is 9.53 Å². The van der Waals surface area contributed by atoms with E-state index in [2.05, 4.69) is 4.74 Å². The van der Waals surface area contributed by atoms with E-state index in [0.717, 1.165) is 6.29 Å². The maximum absolute atomic E-state index is 9.61. The second kappa shape index (κ2) is 2.91. The highest BCUT2D eigenvalue weighted by Gasteiger charge is 1.89. The first-order valence-electron chi connectivity index (χ1n) is 1.79. The normalized spacial score (nSPS) is 13.5. The van der Waals surface area contributed by atoms with Crippen LogP contribution in [0.3, 0.4) is 0 Å². The van der Waals surface area contributed by atoms with E-state index in [-0.39, 0.29) is 6.00 Å². The van der Waals surface area contributed by atoms with Gasteiger partial charge in [0.05, 0.1) is 6.00 Å². The van der Waals surface area contributed by atoms with E-state index < -0.39 is 0 Å². The number of hydrogen-bond acceptors (Lipinski definition) is 2. The predicted molar refractivity (Wildman–Crippen MR) is 25.4 cm³/mol. The van der Waals surface area contributed by atoms with Crippen molar-refractivity contribution in [3.8, 4) is 0 Å². The number of carbonyl (C=O) groups is 1. The van der Waals surface area contributed by atoms with Gasteiger partial charge in [-0.1, -0.05) is 0 Å². The first kappa shape index (κ1) is 5.69. The zero-order chi connectivity index (χ0) is 4.99. The Bertz CT molecular complexity index is 46.1. The van der Waals surface area contributed by atoms with Gasteiger partial charge in [0.2, 0.25) is 0 Å². The van der Waals surface area contributed by atoms with Crippen molar-refractivity contribution in [2.75, 3.05) is 7.11 Å². The van der Waals surface area contributed by atoms with Crippen molar-refractivity contribution < 1.29 is 9.53 Å². The first-order chi connectivity index (χ1) is 2.81. The fraction of sp³-hybridized carbons (Fsp3) is 0.667. The van der Waals surface area contributed by atoms with Crippen molar-refractivity contribution in [1.82, 2.24) is 0 Å². The Balaban J connectivity index is 2.96. The summed E-state index contributed by atoms with van der Waals surface area (Å²) in [6, 6.07) is -0.245. The summed E-state index contributed by atoms with van der Waals surface area (Å²) in [5.74, 6) is 0. The van der Waals surface area contributed by atoms with Gasteiger partial charge in [0.1, 0.15) is 14.1 Å². The minimum absolute atomic E-state index is 0.245. The van der Waals surface area contributed by atoms with E-state index in [1.54, 1.807) is 7.85 Å². The zero-order valence-electron chi connectivity index (χ0n) is 3.97. The second-order valence-electron chi connectivity index (χ2n) is 1.08. The first-order valence-corrected chi connectivity index (χ1v) is 1.79. The van der Waals surface area contributed by atoms with E-state index in [1.807, 2.05) is 0 Å². The van der Waals surface area contributed by atoms with Crippen LogP contribution in [0, 0.1) is 0 Å². The van der Waals surface area contributed by atoms with Gasteiger partial charge >= 0.3 is 0 Å². The van der Waals surface area contributed by atoms with Crippen LogP contribution >= 0.6 is 0 Å². The number of hydrogen-bond donors (Lipinski definition) is 0. The molecule has 0 heterocycles. The van der Waals surface area contributed by atoms with Crippen molar-refractivity contribution >= 4 is 14.1 Å². The number of carbonyl (C=O) groups excluding carboxylic acids is 1. The molecule has 0 radical (unpaired) electrons. The summed E-state index contributed by atoms with van der Waals surface area (Å²) in [5.41, 5.74) is 0. The summed E-state index contributed by atoms with van der Waals surface area (Å²) in [5, 5.41) is 0. The number of aldehydes is 1. The molecule has 0 aliphatic heterocycles. The smallest absolute Gasteiger partial charge is 0.148 e. The lowest BCUT2D eigenvalue weighted by atomic mass is 10.0. The highest BCUT2D eigenvalue weighted by Crippen LogP contribution is 1.69. The predicted octanol–water partition coefficient (Wildman–Crippen LogP) is -1.21. The van der Waals surface area contributed by atoms with E-state index in [0.29, 0.717) is 0 Å². The third-order valence-corrected chi connectivity index (χ3v) is 0.563. The molecule has 0 aromatic carbocycles. The molecule has 0 aromatic rings. The minimum Gasteiger partial charge on any atom is -0.383 e. The molecule has 0 rings (SSSR count). The Morgan fingerprint density at radius 3 is 2.50 bits per heavy atom. The van der Waals surface area contributed by atoms with E-state index in [1.165, 1.54) is 7.11 Å². The van der Waals surface area contributed by atoms with Crippen LogP contribution in [0.5, 0.6) is 0 Å². The highest BCUT2D eigenvalue weighted by atomic mass is 16.5. The van der Waals surface area contributed by atoms with Crippen molar-refractivity contribution in [2.45, 2.75) is 6.00 Å². The van der Waals surface area contributed by atoms with Crippen molar-refractivity contribution in [2.24, 2.45) is 0 Å². The van der Waals surface area contributed by atoms with Gasteiger partial charge in [-0.05, 0) is 0 Å². The molecule has 0 saturated heterocycles. The van der Waals surface area contributed by atoms with Gasteiger partial charge in [-0.3, -0.25) is 0 Å². The average molecular weight is 85.9 g/mol. The summed E-state index contributed by atoms with van der Waals surface area (Å²) < 4.78 is 4.53. The fourth-order valence-electron chi connectivity index (χ4n) is 0.0556. The lowest BCUT2D eigenvalue weighted by Crippen LogP contribution is -2.10. The van der Waals surface area contributed by atoms with Gasteiger partial charge in [-0.15, -0.1) is 0 Å². The molecule has 3 heteroatoms. The number of methoxy groups -OCH3 is 1. The SMILES string of the molecule is BC(C=O)OC. The molecule has 0 saturated carbocycles. The maximum Gasteiger partial charge on any atom is 0.148 e. The monoisotopic (exact) mass is 86.1 g/mol. The average Bonchev–Trinajstić information content (AvgIpc) is 1.65. The third-order valence-electron chi connectivity index (χ3n) is 0.563. The van der Waals surface area contributed by atoms with Crippen molar-refractivity contribution in [3.05, 3.63) is 0 Å². The molecule has 0 aliphatic rings. The summed E-state index contributed by atoms with van der Waals surface area (Å²) in [7, 11) is 3.19. The highest BCUT2D eigenvalue weighted by molar-refractivity contribution is 6.18. The van der Waals surface area contributed by atoms with Crippen LogP contribution in [0.4, 0.5) is 0 Å². The Kier molecular flexibility index (Phi) is 2.76. The molecule has 0 fully saturated rings. The fourth-order valence-corrected chi connectivity index (χ4v) is 0.0556. The molecule has 0 bridgehead atoms. The van der Waals surface area contributed by atoms with Crippen LogP contribution in [0.25, 0.3) is 0 Å². The molecule has 0 aliphatic carbocycles. The molecule has 6 heavy (non-hydrogen) atoms. The quantitative estimate of drug-likeness (QED) is 0.311. The molecule has 0 amide bonds. The van der Waals surface area contributed by atoms with Gasteiger partial charge in [0, 0.05) is 7.11 Å². The molecule has 1 atom stereocenters. The van der Waals surface area contributed by atoms with Crippen LogP contribution in [0.2, 0.25) is 0 Å². The van der Waals surface area contributed by atoms with Crippen LogP contribution < -0.4 is 0 Å². The minimum atomic E-state index is -0.245. The van der Waals surface area contributed by atoms with Crippen molar-refractivity contribution in [3.63, 3.8) is 0 Å². The second-order valence-corrected chi connectivity index (χ2v) is 1.08. The zero-order valence-corrected chi connectivity index (χ0v) is 3.97. The van der Waals surface area contributed by atoms with E-state index in [4.69, 9.17) is 0 Å². The van der Waals surface area contributed by atoms with Gasteiger partial charge in [0.15, 0.2) is 0 Å². The largest absolute Gasteiger partial charge is 0.383 e. The van der Waals surface area contributed by atoms with E-state index in [9.17, 15) is 4.79 Å². The summed E-state index contributed by atoms with van der Waals surface area (Å²) in [6.45, 7) is 0. The topological polar surface area (TPSA) is 26.3 Å². The molecule has 0 N–H and O–H groups in total. The summed E-state index contributed by atoms with van der Waals surface area (Å²) >= 11 is 0. The third kappa shape index (κ3) is 1.97. The van der Waals surface area contributed by atoms with Crippen LogP contribution in [0.15, 0.2) is 0 Å². The van der Waals surface area contributed by atoms with Crippen molar-refractivity contribution in [1.29, 1.82) is 0 Å². The summed E-state index contributed by atoms with van der Waals surface area (Å²) in [6.07, 6.45) is 0.750. The van der Waals surface area contributed by atoms with Gasteiger partial charge in [-0.2, -0.15) is 0 Å². The van der Waals surface area contributed by atoms with Gasteiger partial charge in [-0.25, -0.2) is 0 Å². The lowest BCUT2D eigenvalue weighted by molar-refractivity contribution is -0.112. The van der Waals surface area contributed by atoms with E-state index >= 15 is 0 Å². The Labute approximate surface area is 37.9 Å². The summed E-state index contributed by atoms with van der Waals surface area (Å²) in [4.78, 5) is 9.61. The molecule has 34 valence electrons. The number of rotatable bonds is 2. The van der Waals surface area contributed by atoms with Gasteiger partial charge < -0.3 is 9.53 Å². The molecular weight excluding hydrogens is 78.8 g/mol. The molecule has 0 aromatic heterocycles. The molecular formula is C3H7BO2. The Morgan fingerprint density at radius 1 is 2.00 bits per heavy atom. The Morgan fingerprint density at radius 2 is 2.50 bits per heavy atom. The van der Waals surface area contributed by atoms with Crippen LogP contribution in [0.1, 0.15) is 0 Å². The number of ether oxygens (including phenoxy) is 1.